The highest BCUT2D eigenvalue weighted by Gasteiger charge is 2.39. The van der Waals surface area contributed by atoms with E-state index in [1.165, 1.54) is 23.1 Å². The molecule has 0 spiro atoms. The standard InChI is InChI=1S/C49H45ClF2N10O5/c50-34-10-14-37-38(25-34)46(44-39(51)5-3-6-40(44)52)56-26-33-27-57-49(60-45(33)37)58-35-11-8-31(9-12-35)41(61-53)28-55-19-21-67-23-22-66-20-18-54-17-2-1-4-30-7-13-36-32(24-30)29-62(48(36)65)42-15-16-43(63)59-47(42)64/h3,5-14,24-25,27-28,42,54H,2,15-23,26,29,53H2,(H,57,58,60)(H,59,63,64). The van der Waals surface area contributed by atoms with Gasteiger partial charge in [-0.1, -0.05) is 47.7 Å². The Kier molecular flexibility index (Phi) is 15.1. The summed E-state index contributed by atoms with van der Waals surface area (Å²) in [5.41, 5.74) is 6.32. The van der Waals surface area contributed by atoms with Crippen molar-refractivity contribution in [3.63, 3.8) is 0 Å². The van der Waals surface area contributed by atoms with Crippen LogP contribution in [0.25, 0.3) is 11.3 Å². The van der Waals surface area contributed by atoms with Gasteiger partial charge in [0.1, 0.15) is 23.4 Å². The van der Waals surface area contributed by atoms with E-state index in [9.17, 15) is 23.2 Å². The zero-order valence-electron chi connectivity index (χ0n) is 36.2. The Bertz CT molecular complexity index is 2830. The summed E-state index contributed by atoms with van der Waals surface area (Å²) in [4.78, 5) is 56.5. The summed E-state index contributed by atoms with van der Waals surface area (Å²) in [6, 6.07) is 20.9. The van der Waals surface area contributed by atoms with Crippen molar-refractivity contribution >= 4 is 58.6 Å². The number of nitrogens with one attached hydrogen (secondary N) is 3. The molecule has 15 nitrogen and oxygen atoms in total. The van der Waals surface area contributed by atoms with Gasteiger partial charge >= 0.3 is 0 Å². The molecule has 4 aromatic carbocycles. The SMILES string of the molecule is NN=C(C=NCCOCCOCCNCCC#Cc1ccc2c(c1)CN(C1CCC(=O)NC1=O)C2=O)c1ccc(Nc2ncc3c(n2)-c2ccc(Cl)cc2C(c2c(F)cccc2F)=NC3)cc1. The van der Waals surface area contributed by atoms with Crippen molar-refractivity contribution in [3.8, 4) is 23.1 Å². The van der Waals surface area contributed by atoms with E-state index in [0.29, 0.717) is 116 Å². The van der Waals surface area contributed by atoms with Crippen molar-refractivity contribution in [2.75, 3.05) is 51.4 Å². The maximum absolute atomic E-state index is 14.9. The van der Waals surface area contributed by atoms with Gasteiger partial charge in [-0.05, 0) is 66.6 Å². The van der Waals surface area contributed by atoms with Crippen LogP contribution in [0, 0.1) is 23.5 Å². The van der Waals surface area contributed by atoms with Gasteiger partial charge in [0.05, 0.1) is 56.5 Å². The molecule has 8 rings (SSSR count). The molecule has 0 bridgehead atoms. The van der Waals surface area contributed by atoms with Crippen molar-refractivity contribution < 1.29 is 32.6 Å². The van der Waals surface area contributed by atoms with E-state index in [2.05, 4.69) is 47.9 Å². The number of aromatic nitrogens is 2. The van der Waals surface area contributed by atoms with Gasteiger partial charge in [0.2, 0.25) is 17.8 Å². The van der Waals surface area contributed by atoms with Crippen LogP contribution in [-0.4, -0.2) is 102 Å². The summed E-state index contributed by atoms with van der Waals surface area (Å²) in [5.74, 6) is 9.90. The first-order valence-corrected chi connectivity index (χ1v) is 22.0. The molecule has 1 aromatic heterocycles. The smallest absolute Gasteiger partial charge is 0.255 e. The fraction of sp³-hybridized carbons (Fsp3) is 0.265. The second-order valence-electron chi connectivity index (χ2n) is 15.6. The number of carbonyl (C=O) groups is 3. The minimum Gasteiger partial charge on any atom is -0.378 e. The Labute approximate surface area is 389 Å². The molecule has 1 saturated heterocycles. The summed E-state index contributed by atoms with van der Waals surface area (Å²) in [7, 11) is 0. The fourth-order valence-corrected chi connectivity index (χ4v) is 7.96. The van der Waals surface area contributed by atoms with E-state index < -0.39 is 23.6 Å². The maximum atomic E-state index is 14.9. The van der Waals surface area contributed by atoms with Gasteiger partial charge in [0.15, 0.2) is 0 Å². The number of fused-ring (bicyclic) bond motifs is 4. The monoisotopic (exact) mass is 926 g/mol. The molecule has 3 aliphatic heterocycles. The number of aliphatic imine (C=N–C) groups is 2. The quantitative estimate of drug-likeness (QED) is 0.0223. The number of nitrogens with zero attached hydrogens (tertiary/aromatic N) is 6. The first-order chi connectivity index (χ1) is 32.7. The average molecular weight is 927 g/mol. The molecule has 5 aromatic rings. The molecule has 0 saturated carbocycles. The molecule has 1 unspecified atom stereocenters. The molecule has 0 radical (unpaired) electrons. The second-order valence-corrected chi connectivity index (χ2v) is 16.0. The van der Waals surface area contributed by atoms with E-state index in [1.807, 2.05) is 36.4 Å². The number of rotatable bonds is 17. The summed E-state index contributed by atoms with van der Waals surface area (Å²) in [6.45, 7) is 3.94. The van der Waals surface area contributed by atoms with E-state index in [-0.39, 0.29) is 36.1 Å². The van der Waals surface area contributed by atoms with Crippen molar-refractivity contribution in [2.24, 2.45) is 20.9 Å². The fourth-order valence-electron chi connectivity index (χ4n) is 7.79. The third-order valence-electron chi connectivity index (χ3n) is 11.1. The molecule has 18 heteroatoms. The molecule has 0 aliphatic carbocycles. The number of hydrogen-bond donors (Lipinski definition) is 4. The highest BCUT2D eigenvalue weighted by atomic mass is 35.5. The largest absolute Gasteiger partial charge is 0.378 e. The lowest BCUT2D eigenvalue weighted by Crippen LogP contribution is -2.52. The first-order valence-electron chi connectivity index (χ1n) is 21.6. The van der Waals surface area contributed by atoms with Crippen molar-refractivity contribution in [1.29, 1.82) is 0 Å². The third-order valence-corrected chi connectivity index (χ3v) is 11.3. The molecule has 1 atom stereocenters. The van der Waals surface area contributed by atoms with Crippen molar-refractivity contribution in [3.05, 3.63) is 141 Å². The Morgan fingerprint density at radius 1 is 0.940 bits per heavy atom. The van der Waals surface area contributed by atoms with Gasteiger partial charge < -0.3 is 30.8 Å². The van der Waals surface area contributed by atoms with Gasteiger partial charge in [-0.15, -0.1) is 0 Å². The molecule has 3 aliphatic rings. The van der Waals surface area contributed by atoms with Crippen LogP contribution in [0.2, 0.25) is 5.02 Å². The highest BCUT2D eigenvalue weighted by molar-refractivity contribution is 6.38. The molecule has 5 N–H and O–H groups in total. The average Bonchev–Trinajstić information content (AvgIpc) is 3.56. The number of ether oxygens (including phenoxy) is 2. The van der Waals surface area contributed by atoms with Crippen LogP contribution in [0.15, 0.2) is 100 Å². The van der Waals surface area contributed by atoms with Crippen LogP contribution in [0.4, 0.5) is 20.4 Å². The third kappa shape index (κ3) is 11.2. The number of carbonyl (C=O) groups excluding carboxylic acids is 3. The highest BCUT2D eigenvalue weighted by Crippen LogP contribution is 2.35. The lowest BCUT2D eigenvalue weighted by Gasteiger charge is -2.29. The zero-order chi connectivity index (χ0) is 46.7. The van der Waals surface area contributed by atoms with Gasteiger partial charge in [0, 0.05) is 89.0 Å². The Morgan fingerprint density at radius 2 is 1.73 bits per heavy atom. The number of benzene rings is 4. The van der Waals surface area contributed by atoms with E-state index in [0.717, 1.165) is 16.7 Å². The number of hydrogen-bond acceptors (Lipinski definition) is 13. The molecule has 1 fully saturated rings. The molecule has 342 valence electrons. The maximum Gasteiger partial charge on any atom is 0.255 e. The van der Waals surface area contributed by atoms with Crippen LogP contribution in [-0.2, 0) is 32.2 Å². The minimum absolute atomic E-state index is 0.104. The molecule has 4 heterocycles. The van der Waals surface area contributed by atoms with E-state index >= 15 is 0 Å². The molecule has 67 heavy (non-hydrogen) atoms. The summed E-state index contributed by atoms with van der Waals surface area (Å²) in [5, 5.41) is 13.1. The summed E-state index contributed by atoms with van der Waals surface area (Å²) >= 11 is 6.35. The number of hydrazone groups is 1. The predicted molar refractivity (Wildman–Crippen MR) is 250 cm³/mol. The normalized spacial score (nSPS) is 15.6. The van der Waals surface area contributed by atoms with Gasteiger partial charge in [-0.25, -0.2) is 18.7 Å². The van der Waals surface area contributed by atoms with Crippen molar-refractivity contribution in [1.82, 2.24) is 25.5 Å². The van der Waals surface area contributed by atoms with Crippen LogP contribution < -0.4 is 21.8 Å². The van der Waals surface area contributed by atoms with Gasteiger partial charge in [-0.2, -0.15) is 5.10 Å². The second kappa shape index (κ2) is 21.8. The number of imide groups is 1. The molecular weight excluding hydrogens is 882 g/mol. The van der Waals surface area contributed by atoms with Crippen LogP contribution >= 0.6 is 11.6 Å². The number of halogens is 3. The van der Waals surface area contributed by atoms with Gasteiger partial charge in [0.25, 0.3) is 5.91 Å². The Hall–Kier alpha value is -7.23. The van der Waals surface area contributed by atoms with Crippen LogP contribution in [0.3, 0.4) is 0 Å². The first kappa shape index (κ1) is 46.3. The zero-order valence-corrected chi connectivity index (χ0v) is 36.9. The number of piperidine rings is 1. The Morgan fingerprint density at radius 3 is 2.52 bits per heavy atom. The van der Waals surface area contributed by atoms with Gasteiger partial charge in [-0.3, -0.25) is 29.7 Å². The number of anilines is 2. The van der Waals surface area contributed by atoms with E-state index in [4.69, 9.17) is 31.9 Å². The summed E-state index contributed by atoms with van der Waals surface area (Å²) in [6.07, 6.45) is 4.41. The molecular formula is C49H45ClF2N10O5. The lowest BCUT2D eigenvalue weighted by atomic mass is 9.95. The topological polar surface area (TPSA) is 198 Å². The lowest BCUT2D eigenvalue weighted by molar-refractivity contribution is -0.136. The number of amides is 3. The molecule has 3 amide bonds. The van der Waals surface area contributed by atoms with Crippen LogP contribution in [0.5, 0.6) is 0 Å². The van der Waals surface area contributed by atoms with Crippen LogP contribution in [0.1, 0.15) is 63.0 Å². The minimum atomic E-state index is -0.729. The summed E-state index contributed by atoms with van der Waals surface area (Å²) < 4.78 is 41.2. The number of nitrogens with two attached hydrogens (primary N) is 1. The Balaban J connectivity index is 0.714. The van der Waals surface area contributed by atoms with Crippen molar-refractivity contribution in [2.45, 2.75) is 38.4 Å². The predicted octanol–water partition coefficient (Wildman–Crippen LogP) is 5.73. The van der Waals surface area contributed by atoms with E-state index in [1.54, 1.807) is 36.7 Å².